The molecule has 3 N–H and O–H groups in total. The lowest BCUT2D eigenvalue weighted by atomic mass is 10.3. The smallest absolute Gasteiger partial charge is 0.334 e. The molecule has 1 aromatic heterocycles. The zero-order valence-electron chi connectivity index (χ0n) is 7.93. The third-order valence-electron chi connectivity index (χ3n) is 1.59. The Morgan fingerprint density at radius 1 is 1.67 bits per heavy atom. The van der Waals surface area contributed by atoms with E-state index in [1.54, 1.807) is 6.92 Å². The van der Waals surface area contributed by atoms with E-state index in [9.17, 15) is 9.59 Å². The van der Waals surface area contributed by atoms with Crippen molar-refractivity contribution in [2.75, 3.05) is 6.54 Å². The summed E-state index contributed by atoms with van der Waals surface area (Å²) in [5, 5.41) is 20.3. The Bertz CT molecular complexity index is 376. The van der Waals surface area contributed by atoms with E-state index in [-0.39, 0.29) is 6.54 Å². The highest BCUT2D eigenvalue weighted by atomic mass is 32.1. The van der Waals surface area contributed by atoms with Gasteiger partial charge in [-0.15, -0.1) is 11.3 Å². The van der Waals surface area contributed by atoms with Gasteiger partial charge in [-0.3, -0.25) is 4.79 Å². The van der Waals surface area contributed by atoms with Crippen molar-refractivity contribution in [3.63, 3.8) is 0 Å². The van der Waals surface area contributed by atoms with Gasteiger partial charge in [0.25, 0.3) is 5.91 Å². The Labute approximate surface area is 89.6 Å². The summed E-state index contributed by atoms with van der Waals surface area (Å²) in [5.74, 6) is -1.79. The standard InChI is InChI=1S/C8H10N2O4S/c1-4-9-3-6(15-4)7(12)10-2-5(11)8(13)14/h3,5,11H,2H2,1H3,(H,10,12)(H,13,14)/t5-/m0/s1. The molecule has 1 aromatic rings. The second kappa shape index (κ2) is 4.85. The summed E-state index contributed by atoms with van der Waals surface area (Å²) in [6.45, 7) is 1.44. The topological polar surface area (TPSA) is 99.5 Å². The number of hydrogen-bond donors (Lipinski definition) is 3. The van der Waals surface area contributed by atoms with E-state index in [1.807, 2.05) is 0 Å². The summed E-state index contributed by atoms with van der Waals surface area (Å²) in [4.78, 5) is 25.9. The number of thiazole rings is 1. The molecule has 0 aliphatic rings. The lowest BCUT2D eigenvalue weighted by molar-refractivity contribution is -0.146. The molecular formula is C8H10N2O4S. The van der Waals surface area contributed by atoms with Gasteiger partial charge in [-0.25, -0.2) is 9.78 Å². The van der Waals surface area contributed by atoms with Gasteiger partial charge in [0, 0.05) is 0 Å². The Kier molecular flexibility index (Phi) is 3.75. The lowest BCUT2D eigenvalue weighted by Gasteiger charge is -2.05. The van der Waals surface area contributed by atoms with Crippen molar-refractivity contribution < 1.29 is 19.8 Å². The quantitative estimate of drug-likeness (QED) is 0.655. The summed E-state index contributed by atoms with van der Waals surface area (Å²) in [6.07, 6.45) is -0.175. The number of rotatable bonds is 4. The molecule has 1 amide bonds. The van der Waals surface area contributed by atoms with E-state index < -0.39 is 18.0 Å². The average molecular weight is 230 g/mol. The molecule has 1 rings (SSSR count). The Hall–Kier alpha value is -1.47. The molecule has 0 saturated carbocycles. The minimum Gasteiger partial charge on any atom is -0.479 e. The lowest BCUT2D eigenvalue weighted by Crippen LogP contribution is -2.36. The number of aryl methyl sites for hydroxylation is 1. The van der Waals surface area contributed by atoms with Gasteiger partial charge in [-0.2, -0.15) is 0 Å². The van der Waals surface area contributed by atoms with Gasteiger partial charge >= 0.3 is 5.97 Å². The third kappa shape index (κ3) is 3.30. The molecule has 0 saturated heterocycles. The number of carbonyl (C=O) groups is 2. The first kappa shape index (κ1) is 11.6. The fraction of sp³-hybridized carbons (Fsp3) is 0.375. The van der Waals surface area contributed by atoms with Crippen LogP contribution >= 0.6 is 11.3 Å². The van der Waals surface area contributed by atoms with Crippen molar-refractivity contribution in [2.45, 2.75) is 13.0 Å². The highest BCUT2D eigenvalue weighted by Gasteiger charge is 2.15. The molecular weight excluding hydrogens is 220 g/mol. The van der Waals surface area contributed by atoms with Crippen LogP contribution in [-0.2, 0) is 4.79 Å². The first-order chi connectivity index (χ1) is 7.00. The maximum absolute atomic E-state index is 11.3. The maximum atomic E-state index is 11.3. The Morgan fingerprint density at radius 2 is 2.33 bits per heavy atom. The number of carboxylic acid groups (broad SMARTS) is 1. The van der Waals surface area contributed by atoms with Gasteiger partial charge in [0.2, 0.25) is 0 Å². The zero-order valence-corrected chi connectivity index (χ0v) is 8.74. The maximum Gasteiger partial charge on any atom is 0.334 e. The number of carbonyl (C=O) groups excluding carboxylic acids is 1. The summed E-state index contributed by atoms with van der Waals surface area (Å²) in [7, 11) is 0. The van der Waals surface area contributed by atoms with E-state index in [0.717, 1.165) is 5.01 Å². The van der Waals surface area contributed by atoms with Gasteiger partial charge in [0.05, 0.1) is 17.7 Å². The van der Waals surface area contributed by atoms with Gasteiger partial charge in [0.1, 0.15) is 4.88 Å². The first-order valence-corrected chi connectivity index (χ1v) is 4.94. The van der Waals surface area contributed by atoms with Gasteiger partial charge in [0.15, 0.2) is 6.10 Å². The summed E-state index contributed by atoms with van der Waals surface area (Å²) >= 11 is 1.20. The van der Waals surface area contributed by atoms with Gasteiger partial charge in [-0.05, 0) is 6.92 Å². The normalized spacial score (nSPS) is 12.1. The summed E-state index contributed by atoms with van der Waals surface area (Å²) in [5.41, 5.74) is 0. The zero-order chi connectivity index (χ0) is 11.4. The van der Waals surface area contributed by atoms with Crippen LogP contribution in [0.1, 0.15) is 14.7 Å². The third-order valence-corrected chi connectivity index (χ3v) is 2.50. The minimum atomic E-state index is -1.58. The number of carboxylic acids is 1. The van der Waals surface area contributed by atoms with Crippen LogP contribution in [0.2, 0.25) is 0 Å². The molecule has 0 bridgehead atoms. The van der Waals surface area contributed by atoms with Crippen LogP contribution in [0, 0.1) is 6.92 Å². The van der Waals surface area contributed by atoms with Crippen molar-refractivity contribution in [1.82, 2.24) is 10.3 Å². The van der Waals surface area contributed by atoms with Crippen molar-refractivity contribution in [2.24, 2.45) is 0 Å². The molecule has 0 aliphatic heterocycles. The van der Waals surface area contributed by atoms with E-state index in [2.05, 4.69) is 10.3 Å². The molecule has 7 heteroatoms. The van der Waals surface area contributed by atoms with E-state index >= 15 is 0 Å². The van der Waals surface area contributed by atoms with E-state index in [1.165, 1.54) is 17.5 Å². The van der Waals surface area contributed by atoms with Crippen LogP contribution in [0.3, 0.4) is 0 Å². The number of amides is 1. The molecule has 0 unspecified atom stereocenters. The number of aliphatic hydroxyl groups excluding tert-OH is 1. The van der Waals surface area contributed by atoms with Gasteiger partial charge < -0.3 is 15.5 Å². The van der Waals surface area contributed by atoms with Crippen molar-refractivity contribution in [3.8, 4) is 0 Å². The first-order valence-electron chi connectivity index (χ1n) is 4.12. The van der Waals surface area contributed by atoms with Crippen LogP contribution in [0.4, 0.5) is 0 Å². The monoisotopic (exact) mass is 230 g/mol. The highest BCUT2D eigenvalue weighted by molar-refractivity contribution is 7.13. The average Bonchev–Trinajstić information content (AvgIpc) is 2.60. The molecule has 0 aliphatic carbocycles. The Balaban J connectivity index is 2.47. The molecule has 82 valence electrons. The number of aliphatic hydroxyl groups is 1. The molecule has 1 heterocycles. The fourth-order valence-corrected chi connectivity index (χ4v) is 1.52. The van der Waals surface area contributed by atoms with Gasteiger partial charge in [-0.1, -0.05) is 0 Å². The van der Waals surface area contributed by atoms with Crippen LogP contribution in [-0.4, -0.2) is 39.7 Å². The Morgan fingerprint density at radius 3 is 2.80 bits per heavy atom. The van der Waals surface area contributed by atoms with Crippen LogP contribution in [0.25, 0.3) is 0 Å². The van der Waals surface area contributed by atoms with Crippen LogP contribution in [0.5, 0.6) is 0 Å². The molecule has 0 radical (unpaired) electrons. The number of nitrogens with one attached hydrogen (secondary N) is 1. The van der Waals surface area contributed by atoms with E-state index in [4.69, 9.17) is 10.2 Å². The second-order valence-corrected chi connectivity index (χ2v) is 4.04. The second-order valence-electron chi connectivity index (χ2n) is 2.81. The molecule has 1 atom stereocenters. The number of hydrogen-bond acceptors (Lipinski definition) is 5. The largest absolute Gasteiger partial charge is 0.479 e. The summed E-state index contributed by atoms with van der Waals surface area (Å²) in [6, 6.07) is 0. The predicted octanol–water partition coefficient (Wildman–Crippen LogP) is -0.373. The van der Waals surface area contributed by atoms with Crippen molar-refractivity contribution in [3.05, 3.63) is 16.1 Å². The molecule has 0 spiro atoms. The van der Waals surface area contributed by atoms with E-state index in [0.29, 0.717) is 4.88 Å². The highest BCUT2D eigenvalue weighted by Crippen LogP contribution is 2.10. The number of aliphatic carboxylic acids is 1. The van der Waals surface area contributed by atoms with Crippen molar-refractivity contribution in [1.29, 1.82) is 0 Å². The number of nitrogens with zero attached hydrogens (tertiary/aromatic N) is 1. The fourth-order valence-electron chi connectivity index (χ4n) is 0.830. The minimum absolute atomic E-state index is 0.314. The molecule has 15 heavy (non-hydrogen) atoms. The predicted molar refractivity (Wildman–Crippen MR) is 52.8 cm³/mol. The van der Waals surface area contributed by atoms with Crippen LogP contribution in [0.15, 0.2) is 6.20 Å². The summed E-state index contributed by atoms with van der Waals surface area (Å²) < 4.78 is 0. The molecule has 6 nitrogen and oxygen atoms in total. The number of aromatic nitrogens is 1. The van der Waals surface area contributed by atoms with Crippen molar-refractivity contribution >= 4 is 23.2 Å². The molecule has 0 aromatic carbocycles. The SMILES string of the molecule is Cc1ncc(C(=O)NC[C@H](O)C(=O)O)s1. The molecule has 0 fully saturated rings. The van der Waals surface area contributed by atoms with Crippen LogP contribution < -0.4 is 5.32 Å².